The maximum Gasteiger partial charge on any atom is 0.257 e. The van der Waals surface area contributed by atoms with Crippen molar-refractivity contribution >= 4 is 5.91 Å². The van der Waals surface area contributed by atoms with Crippen LogP contribution in [0.4, 0.5) is 0 Å². The zero-order chi connectivity index (χ0) is 15.2. The molecule has 5 nitrogen and oxygen atoms in total. The highest BCUT2D eigenvalue weighted by atomic mass is 16.5. The van der Waals surface area contributed by atoms with Gasteiger partial charge in [0.25, 0.3) is 5.91 Å². The SMILES string of the molecule is Cc1ccccc1OCC(=O)NCCc1c(C)n[nH]c1C. The third-order valence-corrected chi connectivity index (χ3v) is 3.43. The van der Waals surface area contributed by atoms with Gasteiger partial charge in [-0.15, -0.1) is 0 Å². The van der Waals surface area contributed by atoms with Gasteiger partial charge in [0.15, 0.2) is 6.61 Å². The van der Waals surface area contributed by atoms with E-state index in [2.05, 4.69) is 15.5 Å². The first-order valence-corrected chi connectivity index (χ1v) is 7.03. The molecule has 5 heteroatoms. The molecule has 0 radical (unpaired) electrons. The number of nitrogens with one attached hydrogen (secondary N) is 2. The summed E-state index contributed by atoms with van der Waals surface area (Å²) in [6, 6.07) is 7.65. The number of hydrogen-bond donors (Lipinski definition) is 2. The number of carbonyl (C=O) groups is 1. The van der Waals surface area contributed by atoms with Gasteiger partial charge in [-0.25, -0.2) is 0 Å². The molecule has 2 aromatic rings. The first kappa shape index (κ1) is 15.1. The molecule has 0 aliphatic heterocycles. The average molecular weight is 287 g/mol. The predicted molar refractivity (Wildman–Crippen MR) is 81.4 cm³/mol. The molecular formula is C16H21N3O2. The highest BCUT2D eigenvalue weighted by Crippen LogP contribution is 2.15. The molecule has 0 bridgehead atoms. The maximum absolute atomic E-state index is 11.8. The number of benzene rings is 1. The normalized spacial score (nSPS) is 10.4. The molecule has 1 aromatic heterocycles. The molecule has 0 atom stereocenters. The van der Waals surface area contributed by atoms with E-state index >= 15 is 0 Å². The minimum atomic E-state index is -0.114. The number of hydrogen-bond acceptors (Lipinski definition) is 3. The van der Waals surface area contributed by atoms with E-state index in [9.17, 15) is 4.79 Å². The Bertz CT molecular complexity index is 600. The first-order valence-electron chi connectivity index (χ1n) is 7.03. The second kappa shape index (κ2) is 6.92. The number of H-pyrrole nitrogens is 1. The fourth-order valence-corrected chi connectivity index (χ4v) is 2.18. The number of carbonyl (C=O) groups excluding carboxylic acids is 1. The second-order valence-electron chi connectivity index (χ2n) is 5.07. The number of ether oxygens (including phenoxy) is 1. The summed E-state index contributed by atoms with van der Waals surface area (Å²) >= 11 is 0. The third-order valence-electron chi connectivity index (χ3n) is 3.43. The highest BCUT2D eigenvalue weighted by Gasteiger charge is 2.08. The smallest absolute Gasteiger partial charge is 0.257 e. The molecule has 2 rings (SSSR count). The lowest BCUT2D eigenvalue weighted by Crippen LogP contribution is -2.30. The van der Waals surface area contributed by atoms with E-state index in [1.165, 1.54) is 0 Å². The van der Waals surface area contributed by atoms with Crippen LogP contribution in [0.2, 0.25) is 0 Å². The maximum atomic E-state index is 11.8. The van der Waals surface area contributed by atoms with Crippen LogP contribution >= 0.6 is 0 Å². The summed E-state index contributed by atoms with van der Waals surface area (Å²) in [5.41, 5.74) is 4.22. The Hall–Kier alpha value is -2.30. The molecule has 0 aliphatic carbocycles. The first-order chi connectivity index (χ1) is 10.1. The lowest BCUT2D eigenvalue weighted by atomic mass is 10.1. The van der Waals surface area contributed by atoms with Gasteiger partial charge in [0, 0.05) is 12.2 Å². The summed E-state index contributed by atoms with van der Waals surface area (Å²) in [5.74, 6) is 0.631. The molecule has 1 aromatic carbocycles. The molecule has 0 aliphatic rings. The van der Waals surface area contributed by atoms with Gasteiger partial charge in [-0.1, -0.05) is 18.2 Å². The molecule has 0 saturated carbocycles. The lowest BCUT2D eigenvalue weighted by molar-refractivity contribution is -0.123. The molecule has 1 amide bonds. The highest BCUT2D eigenvalue weighted by molar-refractivity contribution is 5.77. The van der Waals surface area contributed by atoms with Crippen molar-refractivity contribution < 1.29 is 9.53 Å². The number of nitrogens with zero attached hydrogens (tertiary/aromatic N) is 1. The summed E-state index contributed by atoms with van der Waals surface area (Å²) in [7, 11) is 0. The summed E-state index contributed by atoms with van der Waals surface area (Å²) in [6.07, 6.45) is 0.768. The van der Waals surface area contributed by atoms with Gasteiger partial charge in [0.05, 0.1) is 5.69 Å². The predicted octanol–water partition coefficient (Wildman–Crippen LogP) is 2.07. The van der Waals surface area contributed by atoms with E-state index in [4.69, 9.17) is 4.74 Å². The van der Waals surface area contributed by atoms with Crippen LogP contribution in [0.1, 0.15) is 22.5 Å². The number of aryl methyl sites for hydroxylation is 3. The van der Waals surface area contributed by atoms with Crippen molar-refractivity contribution in [2.75, 3.05) is 13.2 Å². The van der Waals surface area contributed by atoms with Crippen molar-refractivity contribution in [2.45, 2.75) is 27.2 Å². The van der Waals surface area contributed by atoms with Crippen molar-refractivity contribution in [2.24, 2.45) is 0 Å². The van der Waals surface area contributed by atoms with Gasteiger partial charge in [0.1, 0.15) is 5.75 Å². The van der Waals surface area contributed by atoms with Gasteiger partial charge in [-0.3, -0.25) is 9.89 Å². The monoisotopic (exact) mass is 287 g/mol. The van der Waals surface area contributed by atoms with Gasteiger partial charge < -0.3 is 10.1 Å². The van der Waals surface area contributed by atoms with Crippen LogP contribution in [0.3, 0.4) is 0 Å². The zero-order valence-corrected chi connectivity index (χ0v) is 12.7. The van der Waals surface area contributed by atoms with E-state index < -0.39 is 0 Å². The number of rotatable bonds is 6. The molecule has 0 spiro atoms. The molecule has 0 saturated heterocycles. The number of para-hydroxylation sites is 1. The van der Waals surface area contributed by atoms with E-state index in [0.717, 1.165) is 34.7 Å². The quantitative estimate of drug-likeness (QED) is 0.854. The van der Waals surface area contributed by atoms with Crippen molar-refractivity contribution in [3.05, 3.63) is 46.8 Å². The molecule has 0 fully saturated rings. The Labute approximate surface area is 124 Å². The van der Waals surface area contributed by atoms with Gasteiger partial charge in [-0.05, 0) is 44.4 Å². The topological polar surface area (TPSA) is 67.0 Å². The van der Waals surface area contributed by atoms with E-state index in [1.807, 2.05) is 45.0 Å². The van der Waals surface area contributed by atoms with E-state index in [0.29, 0.717) is 6.54 Å². The average Bonchev–Trinajstić information content (AvgIpc) is 2.78. The minimum Gasteiger partial charge on any atom is -0.484 e. The Morgan fingerprint density at radius 1 is 1.29 bits per heavy atom. The van der Waals surface area contributed by atoms with E-state index in [1.54, 1.807) is 0 Å². The molecule has 0 unspecified atom stereocenters. The van der Waals surface area contributed by atoms with Crippen LogP contribution in [-0.2, 0) is 11.2 Å². The Morgan fingerprint density at radius 2 is 2.05 bits per heavy atom. The summed E-state index contributed by atoms with van der Waals surface area (Å²) in [5, 5.41) is 9.94. The Kier molecular flexibility index (Phi) is 4.98. The largest absolute Gasteiger partial charge is 0.484 e. The fraction of sp³-hybridized carbons (Fsp3) is 0.375. The van der Waals surface area contributed by atoms with Gasteiger partial charge in [0.2, 0.25) is 0 Å². The fourth-order valence-electron chi connectivity index (χ4n) is 2.18. The zero-order valence-electron chi connectivity index (χ0n) is 12.7. The van der Waals surface area contributed by atoms with Crippen LogP contribution in [0, 0.1) is 20.8 Å². The molecule has 21 heavy (non-hydrogen) atoms. The van der Waals surface area contributed by atoms with Crippen molar-refractivity contribution in [1.29, 1.82) is 0 Å². The number of amides is 1. The van der Waals surface area contributed by atoms with Gasteiger partial charge >= 0.3 is 0 Å². The molecule has 2 N–H and O–H groups in total. The van der Waals surface area contributed by atoms with Crippen LogP contribution < -0.4 is 10.1 Å². The minimum absolute atomic E-state index is 0.0359. The molecule has 1 heterocycles. The molecule has 112 valence electrons. The Morgan fingerprint density at radius 3 is 2.71 bits per heavy atom. The van der Waals surface area contributed by atoms with Gasteiger partial charge in [-0.2, -0.15) is 5.10 Å². The second-order valence-corrected chi connectivity index (χ2v) is 5.07. The Balaban J connectivity index is 1.74. The van der Waals surface area contributed by atoms with Crippen molar-refractivity contribution in [1.82, 2.24) is 15.5 Å². The van der Waals surface area contributed by atoms with Crippen LogP contribution in [0.15, 0.2) is 24.3 Å². The number of aromatic nitrogens is 2. The third kappa shape index (κ3) is 4.08. The van der Waals surface area contributed by atoms with Crippen molar-refractivity contribution in [3.63, 3.8) is 0 Å². The van der Waals surface area contributed by atoms with Crippen LogP contribution in [-0.4, -0.2) is 29.3 Å². The summed E-state index contributed by atoms with van der Waals surface area (Å²) < 4.78 is 5.50. The lowest BCUT2D eigenvalue weighted by Gasteiger charge is -2.09. The standard InChI is InChI=1S/C16H21N3O2/c1-11-6-4-5-7-15(11)21-10-16(20)17-9-8-14-12(2)18-19-13(14)3/h4-7H,8-10H2,1-3H3,(H,17,20)(H,18,19). The van der Waals surface area contributed by atoms with Crippen LogP contribution in [0.25, 0.3) is 0 Å². The van der Waals surface area contributed by atoms with Crippen LogP contribution in [0.5, 0.6) is 5.75 Å². The summed E-state index contributed by atoms with van der Waals surface area (Å²) in [4.78, 5) is 11.8. The van der Waals surface area contributed by atoms with Crippen molar-refractivity contribution in [3.8, 4) is 5.75 Å². The number of aromatic amines is 1. The summed E-state index contributed by atoms with van der Waals surface area (Å²) in [6.45, 7) is 6.52. The van der Waals surface area contributed by atoms with E-state index in [-0.39, 0.29) is 12.5 Å². The molecular weight excluding hydrogens is 266 g/mol.